The Labute approximate surface area is 125 Å². The van der Waals surface area contributed by atoms with Crippen molar-refractivity contribution >= 4 is 0 Å². The van der Waals surface area contributed by atoms with Gasteiger partial charge in [0.15, 0.2) is 0 Å². The zero-order valence-electron chi connectivity index (χ0n) is 13.0. The molecule has 2 aromatic rings. The van der Waals surface area contributed by atoms with E-state index < -0.39 is 0 Å². The maximum absolute atomic E-state index is 12.4. The van der Waals surface area contributed by atoms with Crippen molar-refractivity contribution in [3.63, 3.8) is 0 Å². The Hall–Kier alpha value is -1.81. The second-order valence-corrected chi connectivity index (χ2v) is 6.36. The van der Waals surface area contributed by atoms with Crippen molar-refractivity contribution in [3.8, 4) is 5.69 Å². The number of aromatic nitrogens is 2. The van der Waals surface area contributed by atoms with Crippen LogP contribution < -0.4 is 11.0 Å². The Morgan fingerprint density at radius 3 is 2.71 bits per heavy atom. The van der Waals surface area contributed by atoms with Crippen molar-refractivity contribution in [2.45, 2.75) is 45.2 Å². The van der Waals surface area contributed by atoms with Crippen LogP contribution in [-0.4, -0.2) is 15.7 Å². The molecule has 1 aliphatic rings. The molecule has 0 spiro atoms. The SMILES string of the molecule is CC(C)n1ccn(-c2cccc(C3(C)CCCN3)c2)c1=O. The van der Waals surface area contributed by atoms with E-state index in [1.807, 2.05) is 38.4 Å². The van der Waals surface area contributed by atoms with Gasteiger partial charge in [0.2, 0.25) is 0 Å². The summed E-state index contributed by atoms with van der Waals surface area (Å²) in [6.07, 6.45) is 6.05. The van der Waals surface area contributed by atoms with Gasteiger partial charge in [-0.3, -0.25) is 9.13 Å². The van der Waals surface area contributed by atoms with Gasteiger partial charge in [0.25, 0.3) is 0 Å². The Balaban J connectivity index is 2.02. The summed E-state index contributed by atoms with van der Waals surface area (Å²) in [5.41, 5.74) is 2.24. The summed E-state index contributed by atoms with van der Waals surface area (Å²) in [6, 6.07) is 8.48. The highest BCUT2D eigenvalue weighted by atomic mass is 16.1. The fraction of sp³-hybridized carbons (Fsp3) is 0.471. The minimum absolute atomic E-state index is 0.0201. The summed E-state index contributed by atoms with van der Waals surface area (Å²) in [5, 5.41) is 3.57. The number of nitrogens with zero attached hydrogens (tertiary/aromatic N) is 2. The third kappa shape index (κ3) is 2.44. The highest BCUT2D eigenvalue weighted by molar-refractivity contribution is 5.39. The van der Waals surface area contributed by atoms with Crippen LogP contribution in [0.5, 0.6) is 0 Å². The van der Waals surface area contributed by atoms with Crippen molar-refractivity contribution in [1.82, 2.24) is 14.5 Å². The van der Waals surface area contributed by atoms with Crippen molar-refractivity contribution in [3.05, 3.63) is 52.7 Å². The molecule has 112 valence electrons. The lowest BCUT2D eigenvalue weighted by Gasteiger charge is -2.25. The van der Waals surface area contributed by atoms with Gasteiger partial charge in [-0.25, -0.2) is 4.79 Å². The molecule has 1 atom stereocenters. The zero-order chi connectivity index (χ0) is 15.0. The van der Waals surface area contributed by atoms with Gasteiger partial charge in [-0.2, -0.15) is 0 Å². The Bertz CT molecular complexity index is 690. The Kier molecular flexibility index (Phi) is 3.49. The van der Waals surface area contributed by atoms with E-state index in [-0.39, 0.29) is 17.3 Å². The Morgan fingerprint density at radius 1 is 1.29 bits per heavy atom. The summed E-state index contributed by atoms with van der Waals surface area (Å²) in [7, 11) is 0. The van der Waals surface area contributed by atoms with E-state index in [1.54, 1.807) is 9.13 Å². The standard InChI is InChI=1S/C17H23N3O/c1-13(2)19-10-11-20(16(19)21)15-7-4-6-14(12-15)17(3)8-5-9-18-17/h4,6-7,10-13,18H,5,8-9H2,1-3H3. The zero-order valence-corrected chi connectivity index (χ0v) is 13.0. The van der Waals surface area contributed by atoms with Crippen molar-refractivity contribution in [1.29, 1.82) is 0 Å². The molecule has 1 fully saturated rings. The van der Waals surface area contributed by atoms with Crippen LogP contribution in [0.3, 0.4) is 0 Å². The molecule has 0 bridgehead atoms. The lowest BCUT2D eigenvalue weighted by molar-refractivity contribution is 0.434. The van der Waals surface area contributed by atoms with Gasteiger partial charge in [-0.15, -0.1) is 0 Å². The lowest BCUT2D eigenvalue weighted by Crippen LogP contribution is -2.33. The van der Waals surface area contributed by atoms with Gasteiger partial charge in [0.05, 0.1) is 5.69 Å². The molecule has 21 heavy (non-hydrogen) atoms. The topological polar surface area (TPSA) is 39.0 Å². The molecule has 3 rings (SSSR count). The summed E-state index contributed by atoms with van der Waals surface area (Å²) in [5.74, 6) is 0. The van der Waals surface area contributed by atoms with Gasteiger partial charge < -0.3 is 5.32 Å². The molecule has 0 saturated carbocycles. The predicted molar refractivity (Wildman–Crippen MR) is 85.0 cm³/mol. The van der Waals surface area contributed by atoms with Gasteiger partial charge in [0, 0.05) is 24.0 Å². The molecular formula is C17H23N3O. The summed E-state index contributed by atoms with van der Waals surface area (Å²) in [4.78, 5) is 12.4. The van der Waals surface area contributed by atoms with Crippen LogP contribution in [0.25, 0.3) is 5.69 Å². The smallest absolute Gasteiger partial charge is 0.308 e. The van der Waals surface area contributed by atoms with Crippen LogP contribution in [0, 0.1) is 0 Å². The largest absolute Gasteiger partial charge is 0.332 e. The maximum Gasteiger partial charge on any atom is 0.332 e. The fourth-order valence-corrected chi connectivity index (χ4v) is 3.12. The number of nitrogens with one attached hydrogen (secondary N) is 1. The Morgan fingerprint density at radius 2 is 2.10 bits per heavy atom. The van der Waals surface area contributed by atoms with Crippen LogP contribution in [0.1, 0.15) is 45.2 Å². The van der Waals surface area contributed by atoms with Crippen molar-refractivity contribution < 1.29 is 0 Å². The molecule has 0 radical (unpaired) electrons. The quantitative estimate of drug-likeness (QED) is 0.942. The van der Waals surface area contributed by atoms with Crippen LogP contribution in [0.15, 0.2) is 41.5 Å². The summed E-state index contributed by atoms with van der Waals surface area (Å²) in [6.45, 7) is 7.34. The van der Waals surface area contributed by atoms with Crippen molar-refractivity contribution in [2.75, 3.05) is 6.54 Å². The highest BCUT2D eigenvalue weighted by Gasteiger charge is 2.30. The number of hydrogen-bond donors (Lipinski definition) is 1. The van der Waals surface area contributed by atoms with E-state index in [9.17, 15) is 4.79 Å². The van der Waals surface area contributed by atoms with Crippen LogP contribution in [0.4, 0.5) is 0 Å². The third-order valence-corrected chi connectivity index (χ3v) is 4.49. The van der Waals surface area contributed by atoms with E-state index >= 15 is 0 Å². The number of hydrogen-bond acceptors (Lipinski definition) is 2. The number of benzene rings is 1. The monoisotopic (exact) mass is 285 g/mol. The molecule has 4 nitrogen and oxygen atoms in total. The molecule has 1 unspecified atom stereocenters. The lowest BCUT2D eigenvalue weighted by atomic mass is 9.90. The molecule has 0 aliphatic carbocycles. The average Bonchev–Trinajstić information content (AvgIpc) is 3.06. The molecule has 4 heteroatoms. The molecule has 1 aromatic carbocycles. The fourth-order valence-electron chi connectivity index (χ4n) is 3.12. The molecule has 1 saturated heterocycles. The highest BCUT2D eigenvalue weighted by Crippen LogP contribution is 2.31. The van der Waals surface area contributed by atoms with E-state index in [0.29, 0.717) is 0 Å². The van der Waals surface area contributed by atoms with Crippen LogP contribution in [0.2, 0.25) is 0 Å². The molecule has 0 amide bonds. The maximum atomic E-state index is 12.4. The van der Waals surface area contributed by atoms with Crippen LogP contribution in [-0.2, 0) is 5.54 Å². The van der Waals surface area contributed by atoms with E-state index in [4.69, 9.17) is 0 Å². The molecule has 1 aliphatic heterocycles. The van der Waals surface area contributed by atoms with Crippen LogP contribution >= 0.6 is 0 Å². The number of imidazole rings is 1. The minimum atomic E-state index is 0.0201. The normalized spacial score (nSPS) is 22.1. The molecule has 2 heterocycles. The van der Waals surface area contributed by atoms with E-state index in [2.05, 4.69) is 24.4 Å². The van der Waals surface area contributed by atoms with Gasteiger partial charge in [0.1, 0.15) is 0 Å². The van der Waals surface area contributed by atoms with E-state index in [0.717, 1.165) is 18.7 Å². The van der Waals surface area contributed by atoms with Crippen molar-refractivity contribution in [2.24, 2.45) is 0 Å². The molecule has 1 aromatic heterocycles. The van der Waals surface area contributed by atoms with Gasteiger partial charge >= 0.3 is 5.69 Å². The predicted octanol–water partition coefficient (Wildman–Crippen LogP) is 2.82. The molecule has 1 N–H and O–H groups in total. The summed E-state index contributed by atoms with van der Waals surface area (Å²) < 4.78 is 3.48. The first-order valence-electron chi connectivity index (χ1n) is 7.67. The second-order valence-electron chi connectivity index (χ2n) is 6.36. The number of rotatable bonds is 3. The first-order chi connectivity index (χ1) is 10.0. The third-order valence-electron chi connectivity index (χ3n) is 4.49. The van der Waals surface area contributed by atoms with E-state index in [1.165, 1.54) is 12.0 Å². The van der Waals surface area contributed by atoms with Gasteiger partial charge in [-0.1, -0.05) is 12.1 Å². The first kappa shape index (κ1) is 14.1. The van der Waals surface area contributed by atoms with Gasteiger partial charge in [-0.05, 0) is 57.9 Å². The minimum Gasteiger partial charge on any atom is -0.308 e. The molecular weight excluding hydrogens is 262 g/mol. The first-order valence-corrected chi connectivity index (χ1v) is 7.67. The second kappa shape index (κ2) is 5.19. The average molecular weight is 285 g/mol. The summed E-state index contributed by atoms with van der Waals surface area (Å²) >= 11 is 0.